The van der Waals surface area contributed by atoms with Crippen molar-refractivity contribution in [2.24, 2.45) is 0 Å². The molecular formula is C22H18F3NO3S. The van der Waals surface area contributed by atoms with Gasteiger partial charge in [0.2, 0.25) is 0 Å². The Morgan fingerprint density at radius 3 is 2.50 bits per heavy atom. The molecule has 0 saturated heterocycles. The van der Waals surface area contributed by atoms with E-state index in [9.17, 15) is 18.0 Å². The summed E-state index contributed by atoms with van der Waals surface area (Å²) in [5.74, 6) is -0.493. The van der Waals surface area contributed by atoms with E-state index in [1.165, 1.54) is 36.7 Å². The van der Waals surface area contributed by atoms with Crippen LogP contribution in [0.4, 0.5) is 13.2 Å². The molecule has 156 valence electrons. The normalized spacial score (nSPS) is 11.8. The molecule has 1 N–H and O–H groups in total. The number of rotatable bonds is 6. The number of alkyl halides is 3. The highest BCUT2D eigenvalue weighted by Gasteiger charge is 2.30. The second-order valence-electron chi connectivity index (χ2n) is 6.53. The Balaban J connectivity index is 1.83. The molecule has 0 saturated carbocycles. The van der Waals surface area contributed by atoms with Gasteiger partial charge in [0.25, 0.3) is 0 Å². The molecule has 0 radical (unpaired) electrons. The third-order valence-corrected chi connectivity index (χ3v) is 5.63. The zero-order valence-corrected chi connectivity index (χ0v) is 17.0. The van der Waals surface area contributed by atoms with E-state index in [0.29, 0.717) is 28.3 Å². The van der Waals surface area contributed by atoms with E-state index >= 15 is 0 Å². The first-order valence-electron chi connectivity index (χ1n) is 8.89. The summed E-state index contributed by atoms with van der Waals surface area (Å²) < 4.78 is 43.6. The number of carboxylic acids is 1. The molecular weight excluding hydrogens is 415 g/mol. The number of methoxy groups -OCH3 is 1. The van der Waals surface area contributed by atoms with E-state index in [4.69, 9.17) is 9.84 Å². The minimum Gasteiger partial charge on any atom is -0.496 e. The molecule has 3 aromatic rings. The van der Waals surface area contributed by atoms with Gasteiger partial charge in [-0.2, -0.15) is 13.2 Å². The molecule has 0 bridgehead atoms. The molecule has 0 spiro atoms. The van der Waals surface area contributed by atoms with E-state index < -0.39 is 17.7 Å². The standard InChI is InChI=1S/C22H18F3NO3S/c1-13-19(12-14-3-4-15(7-10-20(27)28)18(11-14)29-2)30-21(26-13)16-5-8-17(9-6-16)22(23,24)25/h3-11H,12H2,1-2H3,(H,27,28). The number of hydrogen-bond acceptors (Lipinski definition) is 4. The summed E-state index contributed by atoms with van der Waals surface area (Å²) in [6.07, 6.45) is -1.29. The van der Waals surface area contributed by atoms with E-state index in [1.54, 1.807) is 6.07 Å². The topological polar surface area (TPSA) is 59.4 Å². The second-order valence-corrected chi connectivity index (χ2v) is 7.61. The first-order chi connectivity index (χ1) is 14.2. The average molecular weight is 433 g/mol. The molecule has 2 aromatic carbocycles. The highest BCUT2D eigenvalue weighted by Crippen LogP contribution is 2.34. The molecule has 0 amide bonds. The van der Waals surface area contributed by atoms with Gasteiger partial charge in [-0.25, -0.2) is 9.78 Å². The molecule has 3 rings (SSSR count). The summed E-state index contributed by atoms with van der Waals surface area (Å²) in [5.41, 5.74) is 2.35. The lowest BCUT2D eigenvalue weighted by Gasteiger charge is -2.08. The van der Waals surface area contributed by atoms with Gasteiger partial charge >= 0.3 is 12.1 Å². The van der Waals surface area contributed by atoms with E-state index in [0.717, 1.165) is 34.3 Å². The number of benzene rings is 2. The lowest BCUT2D eigenvalue weighted by molar-refractivity contribution is -0.137. The minimum atomic E-state index is -4.37. The largest absolute Gasteiger partial charge is 0.496 e. The number of aromatic nitrogens is 1. The zero-order chi connectivity index (χ0) is 21.9. The van der Waals surface area contributed by atoms with Crippen LogP contribution < -0.4 is 4.74 Å². The van der Waals surface area contributed by atoms with Gasteiger partial charge in [-0.05, 0) is 36.8 Å². The maximum atomic E-state index is 12.8. The van der Waals surface area contributed by atoms with Crippen molar-refractivity contribution in [2.75, 3.05) is 7.11 Å². The van der Waals surface area contributed by atoms with Crippen molar-refractivity contribution in [3.63, 3.8) is 0 Å². The van der Waals surface area contributed by atoms with Crippen molar-refractivity contribution in [3.05, 3.63) is 75.8 Å². The van der Waals surface area contributed by atoms with E-state index in [-0.39, 0.29) is 0 Å². The Morgan fingerprint density at radius 2 is 1.90 bits per heavy atom. The first kappa shape index (κ1) is 21.6. The predicted molar refractivity (Wildman–Crippen MR) is 110 cm³/mol. The molecule has 0 aliphatic carbocycles. The lowest BCUT2D eigenvalue weighted by atomic mass is 10.1. The SMILES string of the molecule is COc1cc(Cc2sc(-c3ccc(C(F)(F)F)cc3)nc2C)ccc1C=CC(=O)O. The van der Waals surface area contributed by atoms with Crippen LogP contribution in [-0.2, 0) is 17.4 Å². The number of hydrogen-bond donors (Lipinski definition) is 1. The summed E-state index contributed by atoms with van der Waals surface area (Å²) in [6, 6.07) is 10.5. The highest BCUT2D eigenvalue weighted by molar-refractivity contribution is 7.15. The van der Waals surface area contributed by atoms with Crippen molar-refractivity contribution in [1.82, 2.24) is 4.98 Å². The van der Waals surface area contributed by atoms with Gasteiger partial charge in [0.05, 0.1) is 18.4 Å². The summed E-state index contributed by atoms with van der Waals surface area (Å²) in [4.78, 5) is 16.2. The number of carbonyl (C=O) groups is 1. The van der Waals surface area contributed by atoms with Crippen LogP contribution in [0.3, 0.4) is 0 Å². The fourth-order valence-electron chi connectivity index (χ4n) is 2.87. The molecule has 0 aliphatic heterocycles. The molecule has 1 aromatic heterocycles. The van der Waals surface area contributed by atoms with Gasteiger partial charge in [0, 0.05) is 28.5 Å². The number of aliphatic carboxylic acids is 1. The Hall–Kier alpha value is -3.13. The Bertz CT molecular complexity index is 1090. The van der Waals surface area contributed by atoms with Gasteiger partial charge in [0.1, 0.15) is 10.8 Å². The van der Waals surface area contributed by atoms with Crippen LogP contribution >= 0.6 is 11.3 Å². The number of nitrogens with zero attached hydrogens (tertiary/aromatic N) is 1. The maximum absolute atomic E-state index is 12.8. The Labute approximate surface area is 175 Å². The van der Waals surface area contributed by atoms with Crippen LogP contribution in [0.15, 0.2) is 48.5 Å². The first-order valence-corrected chi connectivity index (χ1v) is 9.71. The van der Waals surface area contributed by atoms with Crippen molar-refractivity contribution in [3.8, 4) is 16.3 Å². The fraction of sp³-hybridized carbons (Fsp3) is 0.182. The van der Waals surface area contributed by atoms with Crippen LogP contribution in [0.5, 0.6) is 5.75 Å². The third kappa shape index (κ3) is 5.07. The molecule has 4 nitrogen and oxygen atoms in total. The number of thiazole rings is 1. The van der Waals surface area contributed by atoms with Crippen molar-refractivity contribution in [1.29, 1.82) is 0 Å². The molecule has 1 heterocycles. The average Bonchev–Trinajstić information content (AvgIpc) is 3.06. The fourth-order valence-corrected chi connectivity index (χ4v) is 3.97. The van der Waals surface area contributed by atoms with Gasteiger partial charge < -0.3 is 9.84 Å². The van der Waals surface area contributed by atoms with Crippen molar-refractivity contribution < 1.29 is 27.8 Å². The lowest BCUT2D eigenvalue weighted by Crippen LogP contribution is -2.03. The number of halogens is 3. The van der Waals surface area contributed by atoms with Gasteiger partial charge in [0.15, 0.2) is 0 Å². The molecule has 30 heavy (non-hydrogen) atoms. The number of carboxylic acid groups (broad SMARTS) is 1. The summed E-state index contributed by atoms with van der Waals surface area (Å²) >= 11 is 1.43. The monoisotopic (exact) mass is 433 g/mol. The Kier molecular flexibility index (Phi) is 6.26. The minimum absolute atomic E-state index is 0.551. The van der Waals surface area contributed by atoms with Gasteiger partial charge in [-0.1, -0.05) is 24.3 Å². The van der Waals surface area contributed by atoms with Crippen molar-refractivity contribution >= 4 is 23.4 Å². The molecule has 0 fully saturated rings. The van der Waals surface area contributed by atoms with Crippen LogP contribution in [-0.4, -0.2) is 23.2 Å². The van der Waals surface area contributed by atoms with Crippen LogP contribution in [0, 0.1) is 6.92 Å². The van der Waals surface area contributed by atoms with E-state index in [1.807, 2.05) is 19.1 Å². The maximum Gasteiger partial charge on any atom is 0.416 e. The van der Waals surface area contributed by atoms with Gasteiger partial charge in [-0.15, -0.1) is 11.3 Å². The highest BCUT2D eigenvalue weighted by atomic mass is 32.1. The summed E-state index contributed by atoms with van der Waals surface area (Å²) in [5, 5.41) is 9.44. The van der Waals surface area contributed by atoms with Crippen molar-refractivity contribution in [2.45, 2.75) is 19.5 Å². The third-order valence-electron chi connectivity index (χ3n) is 4.42. The summed E-state index contributed by atoms with van der Waals surface area (Å²) in [7, 11) is 1.51. The van der Waals surface area contributed by atoms with Crippen LogP contribution in [0.25, 0.3) is 16.6 Å². The number of aryl methyl sites for hydroxylation is 1. The van der Waals surface area contributed by atoms with E-state index in [2.05, 4.69) is 4.98 Å². The molecule has 0 unspecified atom stereocenters. The molecule has 0 aliphatic rings. The zero-order valence-electron chi connectivity index (χ0n) is 16.2. The molecule has 8 heteroatoms. The smallest absolute Gasteiger partial charge is 0.416 e. The quantitative estimate of drug-likeness (QED) is 0.497. The second kappa shape index (κ2) is 8.71. The predicted octanol–water partition coefficient (Wildman–Crippen LogP) is 5.83. The Morgan fingerprint density at radius 1 is 1.20 bits per heavy atom. The molecule has 0 atom stereocenters. The summed E-state index contributed by atoms with van der Waals surface area (Å²) in [6.45, 7) is 1.86. The van der Waals surface area contributed by atoms with Gasteiger partial charge in [-0.3, -0.25) is 0 Å². The van der Waals surface area contributed by atoms with Crippen LogP contribution in [0.1, 0.15) is 27.3 Å². The van der Waals surface area contributed by atoms with Crippen LogP contribution in [0.2, 0.25) is 0 Å². The number of ether oxygens (including phenoxy) is 1.